The van der Waals surface area contributed by atoms with Crippen molar-refractivity contribution in [3.8, 4) is 5.88 Å². The van der Waals surface area contributed by atoms with Crippen LogP contribution >= 0.6 is 0 Å². The summed E-state index contributed by atoms with van der Waals surface area (Å²) >= 11 is 0. The third-order valence-electron chi connectivity index (χ3n) is 3.12. The van der Waals surface area contributed by atoms with Crippen LogP contribution in [-0.2, 0) is 0 Å². The van der Waals surface area contributed by atoms with E-state index in [9.17, 15) is 5.11 Å². The predicted octanol–water partition coefficient (Wildman–Crippen LogP) is 2.73. The third kappa shape index (κ3) is 2.16. The van der Waals surface area contributed by atoms with Gasteiger partial charge in [0.1, 0.15) is 0 Å². The Morgan fingerprint density at radius 2 is 1.95 bits per heavy atom. The number of aryl methyl sites for hydroxylation is 3. The van der Waals surface area contributed by atoms with E-state index < -0.39 is 0 Å². The molecule has 6 heteroatoms. The molecule has 0 aliphatic rings. The highest BCUT2D eigenvalue weighted by Gasteiger charge is 2.09. The zero-order chi connectivity index (χ0) is 14.3. The Morgan fingerprint density at radius 3 is 2.65 bits per heavy atom. The summed E-state index contributed by atoms with van der Waals surface area (Å²) in [5, 5.41) is 13.2. The molecule has 0 fully saturated rings. The topological polar surface area (TPSA) is 86.7 Å². The molecule has 0 amide bonds. The summed E-state index contributed by atoms with van der Waals surface area (Å²) in [6, 6.07) is 4.18. The minimum absolute atomic E-state index is 0.00295. The number of rotatable bonds is 2. The smallest absolute Gasteiger partial charge is 0.230 e. The van der Waals surface area contributed by atoms with Crippen molar-refractivity contribution in [2.24, 2.45) is 0 Å². The van der Waals surface area contributed by atoms with Crippen molar-refractivity contribution in [1.29, 1.82) is 0 Å². The van der Waals surface area contributed by atoms with E-state index in [2.05, 4.69) is 44.3 Å². The quantitative estimate of drug-likeness (QED) is 0.666. The number of H-pyrrole nitrogens is 1. The predicted molar refractivity (Wildman–Crippen MR) is 77.3 cm³/mol. The Balaban J connectivity index is 2.09. The molecule has 102 valence electrons. The zero-order valence-electron chi connectivity index (χ0n) is 11.5. The van der Waals surface area contributed by atoms with E-state index in [-0.39, 0.29) is 5.88 Å². The molecule has 1 aromatic carbocycles. The fraction of sp³-hybridized carbons (Fsp3) is 0.214. The van der Waals surface area contributed by atoms with Crippen LogP contribution in [0.15, 0.2) is 18.3 Å². The van der Waals surface area contributed by atoms with Crippen molar-refractivity contribution < 1.29 is 5.11 Å². The van der Waals surface area contributed by atoms with Crippen LogP contribution in [0.2, 0.25) is 0 Å². The third-order valence-corrected chi connectivity index (χ3v) is 3.12. The number of aromatic hydroxyl groups is 1. The van der Waals surface area contributed by atoms with Crippen LogP contribution in [0.3, 0.4) is 0 Å². The fourth-order valence-electron chi connectivity index (χ4n) is 2.27. The zero-order valence-corrected chi connectivity index (χ0v) is 11.5. The first-order valence-corrected chi connectivity index (χ1v) is 6.29. The lowest BCUT2D eigenvalue weighted by molar-refractivity contribution is 0.457. The second-order valence-corrected chi connectivity index (χ2v) is 4.85. The Kier molecular flexibility index (Phi) is 2.78. The van der Waals surface area contributed by atoms with E-state index >= 15 is 0 Å². The molecule has 0 atom stereocenters. The minimum Gasteiger partial charge on any atom is -0.493 e. The number of hydrogen-bond acceptors (Lipinski definition) is 5. The van der Waals surface area contributed by atoms with Gasteiger partial charge in [0.25, 0.3) is 0 Å². The van der Waals surface area contributed by atoms with Gasteiger partial charge >= 0.3 is 0 Å². The van der Waals surface area contributed by atoms with Crippen LogP contribution in [0.4, 0.5) is 11.9 Å². The van der Waals surface area contributed by atoms with Gasteiger partial charge in [-0.1, -0.05) is 11.6 Å². The van der Waals surface area contributed by atoms with E-state index in [1.54, 1.807) is 0 Å². The summed E-state index contributed by atoms with van der Waals surface area (Å²) in [6.07, 6.45) is 1.32. The molecule has 0 bridgehead atoms. The minimum atomic E-state index is -0.00295. The Labute approximate surface area is 115 Å². The van der Waals surface area contributed by atoms with E-state index in [0.29, 0.717) is 11.9 Å². The average Bonchev–Trinajstić information content (AvgIpc) is 2.76. The molecule has 0 aliphatic carbocycles. The summed E-state index contributed by atoms with van der Waals surface area (Å²) in [4.78, 5) is 15.6. The van der Waals surface area contributed by atoms with Gasteiger partial charge in [-0.2, -0.15) is 0 Å². The lowest BCUT2D eigenvalue weighted by Crippen LogP contribution is -2.01. The number of nitrogens with one attached hydrogen (secondary N) is 2. The standard InChI is InChI=1S/C14H15N5O/c1-7-4-8(2)12-10(5-7)9(3)16-14(18-12)19-13-15-6-11(20)17-13/h4-6,20H,1-3H3,(H2,15,16,17,18,19). The molecule has 0 spiro atoms. The van der Waals surface area contributed by atoms with Gasteiger partial charge < -0.3 is 5.11 Å². The fourth-order valence-corrected chi connectivity index (χ4v) is 2.27. The lowest BCUT2D eigenvalue weighted by Gasteiger charge is -2.09. The SMILES string of the molecule is Cc1cc(C)c2nc(Nc3ncc(O)[nH]3)nc(C)c2c1. The summed E-state index contributed by atoms with van der Waals surface area (Å²) < 4.78 is 0. The number of imidazole rings is 1. The Bertz CT molecular complexity index is 794. The number of hydrogen-bond donors (Lipinski definition) is 3. The Morgan fingerprint density at radius 1 is 1.15 bits per heavy atom. The van der Waals surface area contributed by atoms with Gasteiger partial charge in [-0.15, -0.1) is 0 Å². The van der Waals surface area contributed by atoms with Crippen molar-refractivity contribution in [2.75, 3.05) is 5.32 Å². The highest BCUT2D eigenvalue weighted by molar-refractivity contribution is 5.85. The van der Waals surface area contributed by atoms with Crippen molar-refractivity contribution >= 4 is 22.8 Å². The molecule has 0 aliphatic heterocycles. The van der Waals surface area contributed by atoms with Crippen molar-refractivity contribution in [3.05, 3.63) is 35.2 Å². The van der Waals surface area contributed by atoms with Gasteiger partial charge in [-0.05, 0) is 32.4 Å². The number of aromatic amines is 1. The molecule has 6 nitrogen and oxygen atoms in total. The van der Waals surface area contributed by atoms with Gasteiger partial charge in [0.15, 0.2) is 0 Å². The Hall–Kier alpha value is -2.63. The van der Waals surface area contributed by atoms with Crippen LogP contribution in [0.1, 0.15) is 16.8 Å². The monoisotopic (exact) mass is 269 g/mol. The summed E-state index contributed by atoms with van der Waals surface area (Å²) in [5.41, 5.74) is 4.12. The number of nitrogens with zero attached hydrogens (tertiary/aromatic N) is 3. The maximum atomic E-state index is 9.23. The van der Waals surface area contributed by atoms with Crippen LogP contribution < -0.4 is 5.32 Å². The van der Waals surface area contributed by atoms with E-state index in [4.69, 9.17) is 0 Å². The van der Waals surface area contributed by atoms with E-state index in [1.807, 2.05) is 13.8 Å². The molecule has 0 saturated heterocycles. The number of fused-ring (bicyclic) bond motifs is 1. The molecule has 0 saturated carbocycles. The summed E-state index contributed by atoms with van der Waals surface area (Å²) in [7, 11) is 0. The number of aromatic nitrogens is 4. The molecule has 0 unspecified atom stereocenters. The van der Waals surface area contributed by atoms with E-state index in [1.165, 1.54) is 11.8 Å². The van der Waals surface area contributed by atoms with Gasteiger partial charge in [0, 0.05) is 5.39 Å². The van der Waals surface area contributed by atoms with Crippen LogP contribution in [0, 0.1) is 20.8 Å². The van der Waals surface area contributed by atoms with Gasteiger partial charge in [-0.3, -0.25) is 10.3 Å². The van der Waals surface area contributed by atoms with Gasteiger partial charge in [-0.25, -0.2) is 15.0 Å². The maximum Gasteiger partial charge on any atom is 0.230 e. The highest BCUT2D eigenvalue weighted by Crippen LogP contribution is 2.23. The molecule has 20 heavy (non-hydrogen) atoms. The normalized spacial score (nSPS) is 10.9. The summed E-state index contributed by atoms with van der Waals surface area (Å²) in [5.74, 6) is 0.860. The highest BCUT2D eigenvalue weighted by atomic mass is 16.3. The number of benzene rings is 1. The molecule has 2 heterocycles. The van der Waals surface area contributed by atoms with Crippen molar-refractivity contribution in [1.82, 2.24) is 19.9 Å². The maximum absolute atomic E-state index is 9.23. The number of anilines is 2. The first-order valence-electron chi connectivity index (χ1n) is 6.29. The first kappa shape index (κ1) is 12.4. The second-order valence-electron chi connectivity index (χ2n) is 4.85. The molecule has 3 aromatic rings. The molecule has 3 N–H and O–H groups in total. The van der Waals surface area contributed by atoms with Crippen molar-refractivity contribution in [2.45, 2.75) is 20.8 Å². The van der Waals surface area contributed by atoms with Gasteiger partial charge in [0.2, 0.25) is 17.8 Å². The summed E-state index contributed by atoms with van der Waals surface area (Å²) in [6.45, 7) is 6.04. The average molecular weight is 269 g/mol. The first-order chi connectivity index (χ1) is 9.52. The molecule has 3 rings (SSSR count). The van der Waals surface area contributed by atoms with Crippen molar-refractivity contribution in [3.63, 3.8) is 0 Å². The molecule has 0 radical (unpaired) electrons. The van der Waals surface area contributed by atoms with Crippen LogP contribution in [-0.4, -0.2) is 25.0 Å². The molecular weight excluding hydrogens is 254 g/mol. The van der Waals surface area contributed by atoms with Gasteiger partial charge in [0.05, 0.1) is 17.4 Å². The van der Waals surface area contributed by atoms with Crippen LogP contribution in [0.5, 0.6) is 5.88 Å². The van der Waals surface area contributed by atoms with Crippen LogP contribution in [0.25, 0.3) is 10.9 Å². The second kappa shape index (κ2) is 4.48. The molecular formula is C14H15N5O. The van der Waals surface area contributed by atoms with E-state index in [0.717, 1.165) is 22.2 Å². The largest absolute Gasteiger partial charge is 0.493 e. The lowest BCUT2D eigenvalue weighted by atomic mass is 10.1. The molecule has 2 aromatic heterocycles.